The summed E-state index contributed by atoms with van der Waals surface area (Å²) in [6, 6.07) is 9.31. The number of aromatic nitrogens is 2. The number of benzene rings is 1. The Morgan fingerprint density at radius 3 is 2.85 bits per heavy atom. The molecule has 2 aromatic rings. The van der Waals surface area contributed by atoms with Gasteiger partial charge < -0.3 is 11.1 Å². The van der Waals surface area contributed by atoms with E-state index in [1.54, 1.807) is 10.9 Å². The first-order valence-corrected chi connectivity index (χ1v) is 6.69. The van der Waals surface area contributed by atoms with Gasteiger partial charge in [-0.2, -0.15) is 5.10 Å². The van der Waals surface area contributed by atoms with Gasteiger partial charge in [0.1, 0.15) is 0 Å². The van der Waals surface area contributed by atoms with E-state index >= 15 is 0 Å². The van der Waals surface area contributed by atoms with Crippen molar-refractivity contribution in [2.75, 3.05) is 5.73 Å². The van der Waals surface area contributed by atoms with Gasteiger partial charge >= 0.3 is 0 Å². The molecule has 2 rings (SSSR count). The Hall–Kier alpha value is -2.30. The van der Waals surface area contributed by atoms with Crippen LogP contribution in [0.5, 0.6) is 0 Å². The minimum atomic E-state index is -0.224. The lowest BCUT2D eigenvalue weighted by atomic mass is 9.99. The Kier molecular flexibility index (Phi) is 4.40. The summed E-state index contributed by atoms with van der Waals surface area (Å²) >= 11 is 0. The highest BCUT2D eigenvalue weighted by atomic mass is 16.1. The third-order valence-electron chi connectivity index (χ3n) is 3.21. The van der Waals surface area contributed by atoms with E-state index in [4.69, 9.17) is 5.73 Å². The largest absolute Gasteiger partial charge is 0.399 e. The number of hydrogen-bond donors (Lipinski definition) is 2. The lowest BCUT2D eigenvalue weighted by molar-refractivity contribution is -0.122. The zero-order valence-corrected chi connectivity index (χ0v) is 11.8. The first-order valence-electron chi connectivity index (χ1n) is 6.69. The summed E-state index contributed by atoms with van der Waals surface area (Å²) in [6.45, 7) is 4.50. The van der Waals surface area contributed by atoms with E-state index in [1.807, 2.05) is 50.4 Å². The van der Waals surface area contributed by atoms with Crippen LogP contribution < -0.4 is 11.1 Å². The van der Waals surface area contributed by atoms with Gasteiger partial charge in [-0.15, -0.1) is 0 Å². The maximum atomic E-state index is 12.2. The van der Waals surface area contributed by atoms with Crippen molar-refractivity contribution >= 4 is 11.6 Å². The fraction of sp³-hybridized carbons (Fsp3) is 0.333. The molecule has 106 valence electrons. The van der Waals surface area contributed by atoms with Crippen LogP contribution in [0.4, 0.5) is 5.69 Å². The molecule has 0 bridgehead atoms. The van der Waals surface area contributed by atoms with Crippen LogP contribution in [0.3, 0.4) is 0 Å². The molecule has 1 heterocycles. The van der Waals surface area contributed by atoms with Crippen molar-refractivity contribution in [3.63, 3.8) is 0 Å². The van der Waals surface area contributed by atoms with Crippen LogP contribution in [-0.2, 0) is 11.3 Å². The molecule has 0 saturated heterocycles. The van der Waals surface area contributed by atoms with Crippen molar-refractivity contribution in [2.24, 2.45) is 0 Å². The second kappa shape index (κ2) is 6.23. The third-order valence-corrected chi connectivity index (χ3v) is 3.21. The molecule has 0 aliphatic heterocycles. The molecule has 20 heavy (non-hydrogen) atoms. The Bertz CT molecular complexity index is 565. The van der Waals surface area contributed by atoms with E-state index in [-0.39, 0.29) is 17.9 Å². The molecular weight excluding hydrogens is 252 g/mol. The number of nitrogen functional groups attached to an aromatic ring is 1. The smallest absolute Gasteiger partial charge is 0.227 e. The zero-order chi connectivity index (χ0) is 14.5. The van der Waals surface area contributed by atoms with Crippen molar-refractivity contribution in [3.05, 3.63) is 48.3 Å². The average molecular weight is 272 g/mol. The summed E-state index contributed by atoms with van der Waals surface area (Å²) < 4.78 is 1.80. The molecule has 0 aliphatic rings. The molecule has 5 nitrogen and oxygen atoms in total. The molecule has 3 N–H and O–H groups in total. The van der Waals surface area contributed by atoms with E-state index in [9.17, 15) is 4.79 Å². The summed E-state index contributed by atoms with van der Waals surface area (Å²) in [5, 5.41) is 7.12. The molecule has 0 saturated carbocycles. The second-order valence-corrected chi connectivity index (χ2v) is 5.03. The second-order valence-electron chi connectivity index (χ2n) is 5.03. The Morgan fingerprint density at radius 1 is 1.40 bits per heavy atom. The monoisotopic (exact) mass is 272 g/mol. The standard InChI is InChI=1S/C15H20N4O/c1-11(10-19-8-4-7-17-19)18-15(20)12(2)13-5-3-6-14(16)9-13/h3-9,11-12H,10,16H2,1-2H3,(H,18,20). The zero-order valence-electron chi connectivity index (χ0n) is 11.8. The molecular formula is C15H20N4O. The Labute approximate surface area is 118 Å². The lowest BCUT2D eigenvalue weighted by Gasteiger charge is -2.18. The highest BCUT2D eigenvalue weighted by Crippen LogP contribution is 2.18. The molecule has 1 aromatic heterocycles. The van der Waals surface area contributed by atoms with E-state index in [1.165, 1.54) is 0 Å². The number of rotatable bonds is 5. The first-order chi connectivity index (χ1) is 9.56. The number of carbonyl (C=O) groups is 1. The van der Waals surface area contributed by atoms with Crippen LogP contribution in [0.25, 0.3) is 0 Å². The number of carbonyl (C=O) groups excluding carboxylic acids is 1. The molecule has 2 atom stereocenters. The quantitative estimate of drug-likeness (QED) is 0.815. The van der Waals surface area contributed by atoms with Crippen molar-refractivity contribution in [3.8, 4) is 0 Å². The Balaban J connectivity index is 1.94. The normalized spacial score (nSPS) is 13.7. The van der Waals surface area contributed by atoms with Gasteiger partial charge in [0.15, 0.2) is 0 Å². The van der Waals surface area contributed by atoms with Gasteiger partial charge in [-0.1, -0.05) is 12.1 Å². The molecule has 1 amide bonds. The minimum Gasteiger partial charge on any atom is -0.399 e. The van der Waals surface area contributed by atoms with E-state index in [0.717, 1.165) is 5.56 Å². The van der Waals surface area contributed by atoms with Crippen LogP contribution in [0.1, 0.15) is 25.3 Å². The van der Waals surface area contributed by atoms with Gasteiger partial charge in [0.2, 0.25) is 5.91 Å². The highest BCUT2D eigenvalue weighted by Gasteiger charge is 2.17. The van der Waals surface area contributed by atoms with Crippen molar-refractivity contribution in [1.82, 2.24) is 15.1 Å². The van der Waals surface area contributed by atoms with Crippen LogP contribution in [0.15, 0.2) is 42.7 Å². The number of nitrogens with one attached hydrogen (secondary N) is 1. The van der Waals surface area contributed by atoms with Gasteiger partial charge in [-0.05, 0) is 37.6 Å². The molecule has 0 fully saturated rings. The molecule has 0 radical (unpaired) electrons. The van der Waals surface area contributed by atoms with Gasteiger partial charge in [0.25, 0.3) is 0 Å². The van der Waals surface area contributed by atoms with Crippen LogP contribution in [0.2, 0.25) is 0 Å². The third kappa shape index (κ3) is 3.60. The average Bonchev–Trinajstić information content (AvgIpc) is 2.90. The summed E-state index contributed by atoms with van der Waals surface area (Å²) in [5.74, 6) is -0.228. The van der Waals surface area contributed by atoms with Gasteiger partial charge in [0.05, 0.1) is 12.5 Å². The number of anilines is 1. The molecule has 0 aliphatic carbocycles. The molecule has 1 aromatic carbocycles. The predicted molar refractivity (Wildman–Crippen MR) is 79.1 cm³/mol. The maximum absolute atomic E-state index is 12.2. The van der Waals surface area contributed by atoms with Crippen molar-refractivity contribution in [1.29, 1.82) is 0 Å². The topological polar surface area (TPSA) is 72.9 Å². The van der Waals surface area contributed by atoms with Crippen LogP contribution >= 0.6 is 0 Å². The van der Waals surface area contributed by atoms with Crippen molar-refractivity contribution < 1.29 is 4.79 Å². The van der Waals surface area contributed by atoms with E-state index < -0.39 is 0 Å². The summed E-state index contributed by atoms with van der Waals surface area (Å²) in [5.41, 5.74) is 7.34. The lowest BCUT2D eigenvalue weighted by Crippen LogP contribution is -2.38. The minimum absolute atomic E-state index is 0.00439. The number of nitrogens with two attached hydrogens (primary N) is 1. The van der Waals surface area contributed by atoms with Crippen LogP contribution in [-0.4, -0.2) is 21.7 Å². The fourth-order valence-electron chi connectivity index (χ4n) is 2.08. The van der Waals surface area contributed by atoms with Gasteiger partial charge in [-0.3, -0.25) is 9.48 Å². The van der Waals surface area contributed by atoms with E-state index in [0.29, 0.717) is 12.2 Å². The first kappa shape index (κ1) is 14.1. The maximum Gasteiger partial charge on any atom is 0.227 e. The number of nitrogens with zero attached hydrogens (tertiary/aromatic N) is 2. The summed E-state index contributed by atoms with van der Waals surface area (Å²) in [4.78, 5) is 12.2. The predicted octanol–water partition coefficient (Wildman–Crippen LogP) is 1.77. The van der Waals surface area contributed by atoms with E-state index in [2.05, 4.69) is 10.4 Å². The molecule has 5 heteroatoms. The summed E-state index contributed by atoms with van der Waals surface area (Å²) in [6.07, 6.45) is 3.61. The highest BCUT2D eigenvalue weighted by molar-refractivity contribution is 5.83. The number of hydrogen-bond acceptors (Lipinski definition) is 3. The molecule has 2 unspecified atom stereocenters. The van der Waals surface area contributed by atoms with Gasteiger partial charge in [-0.25, -0.2) is 0 Å². The summed E-state index contributed by atoms with van der Waals surface area (Å²) in [7, 11) is 0. The SMILES string of the molecule is CC(Cn1cccn1)NC(=O)C(C)c1cccc(N)c1. The number of amides is 1. The molecule has 0 spiro atoms. The van der Waals surface area contributed by atoms with Gasteiger partial charge in [0, 0.05) is 24.1 Å². The Morgan fingerprint density at radius 2 is 2.20 bits per heavy atom. The van der Waals surface area contributed by atoms with Crippen molar-refractivity contribution in [2.45, 2.75) is 32.4 Å². The van der Waals surface area contributed by atoms with Crippen LogP contribution in [0, 0.1) is 0 Å². The fourth-order valence-corrected chi connectivity index (χ4v) is 2.08.